The van der Waals surface area contributed by atoms with E-state index in [1.165, 1.54) is 6.21 Å². The average Bonchev–Trinajstić information content (AvgIpc) is 2.04. The molecule has 0 aromatic heterocycles. The molecule has 0 atom stereocenters. The molecule has 0 saturated heterocycles. The van der Waals surface area contributed by atoms with Crippen LogP contribution in [-0.2, 0) is 0 Å². The van der Waals surface area contributed by atoms with E-state index in [4.69, 9.17) is 11.3 Å². The highest BCUT2D eigenvalue weighted by Crippen LogP contribution is 2.12. The zero-order valence-electron chi connectivity index (χ0n) is 5.37. The van der Waals surface area contributed by atoms with Gasteiger partial charge in [0.25, 0.3) is 0 Å². The fourth-order valence-corrected chi connectivity index (χ4v) is 0.707. The minimum absolute atomic E-state index is 0.525. The summed E-state index contributed by atoms with van der Waals surface area (Å²) in [6.07, 6.45) is 1.20. The van der Waals surface area contributed by atoms with Crippen LogP contribution in [0.25, 0.3) is 0 Å². The third-order valence-electron chi connectivity index (χ3n) is 1.20. The molecule has 0 radical (unpaired) electrons. The van der Waals surface area contributed by atoms with E-state index in [2.05, 4.69) is 4.84 Å². The first kappa shape index (κ1) is 6.77. The van der Waals surface area contributed by atoms with Crippen molar-refractivity contribution in [3.05, 3.63) is 29.8 Å². The molecule has 1 aromatic carbocycles. The summed E-state index contributed by atoms with van der Waals surface area (Å²) in [5.74, 6) is 5.45. The summed E-state index contributed by atoms with van der Waals surface area (Å²) in [6.45, 7) is 0. The molecule has 0 fully saturated rings. The van der Waals surface area contributed by atoms with Gasteiger partial charge in [-0.1, -0.05) is 12.1 Å². The number of hydrogen-bond acceptors (Lipinski definition) is 3. The second kappa shape index (κ2) is 2.98. The molecule has 0 amide bonds. The molecule has 52 valence electrons. The molecule has 0 unspecified atom stereocenters. The van der Waals surface area contributed by atoms with Crippen molar-refractivity contribution < 1.29 is 4.84 Å². The Balaban J connectivity index is 3.08. The van der Waals surface area contributed by atoms with Gasteiger partial charge in [-0.2, -0.15) is 5.90 Å². The molecule has 3 heteroatoms. The molecule has 0 saturated carbocycles. The third-order valence-corrected chi connectivity index (χ3v) is 1.20. The van der Waals surface area contributed by atoms with E-state index in [1.807, 2.05) is 6.07 Å². The highest BCUT2D eigenvalue weighted by Gasteiger charge is 1.95. The van der Waals surface area contributed by atoms with Crippen LogP contribution in [0.4, 0.5) is 0 Å². The third kappa shape index (κ3) is 1.14. The standard InChI is InChI=1S/C7H8N2O/c8-5-6-3-1-2-4-7(6)10-9/h1-5,8H,9H2. The van der Waals surface area contributed by atoms with Gasteiger partial charge in [-0.05, 0) is 12.1 Å². The van der Waals surface area contributed by atoms with Crippen molar-refractivity contribution >= 4 is 6.21 Å². The van der Waals surface area contributed by atoms with Crippen molar-refractivity contribution in [3.63, 3.8) is 0 Å². The van der Waals surface area contributed by atoms with Gasteiger partial charge in [0, 0.05) is 11.8 Å². The van der Waals surface area contributed by atoms with Gasteiger partial charge >= 0.3 is 0 Å². The first-order chi connectivity index (χ1) is 4.88. The van der Waals surface area contributed by atoms with Crippen LogP contribution >= 0.6 is 0 Å². The van der Waals surface area contributed by atoms with Crippen molar-refractivity contribution in [2.75, 3.05) is 0 Å². The molecular weight excluding hydrogens is 128 g/mol. The minimum Gasteiger partial charge on any atom is -0.411 e. The zero-order chi connectivity index (χ0) is 7.40. The van der Waals surface area contributed by atoms with Gasteiger partial charge in [-0.25, -0.2) is 0 Å². The summed E-state index contributed by atoms with van der Waals surface area (Å²) < 4.78 is 0. The summed E-state index contributed by atoms with van der Waals surface area (Å²) in [5, 5.41) is 6.93. The molecule has 0 aliphatic heterocycles. The van der Waals surface area contributed by atoms with Gasteiger partial charge in [0.05, 0.1) is 0 Å². The van der Waals surface area contributed by atoms with Crippen molar-refractivity contribution in [3.8, 4) is 5.75 Å². The van der Waals surface area contributed by atoms with E-state index in [-0.39, 0.29) is 0 Å². The maximum Gasteiger partial charge on any atom is 0.155 e. The van der Waals surface area contributed by atoms with E-state index in [0.717, 1.165) is 0 Å². The van der Waals surface area contributed by atoms with Crippen LogP contribution in [0.15, 0.2) is 24.3 Å². The van der Waals surface area contributed by atoms with E-state index in [0.29, 0.717) is 11.3 Å². The maximum atomic E-state index is 6.93. The fraction of sp³-hybridized carbons (Fsp3) is 0. The van der Waals surface area contributed by atoms with Crippen LogP contribution in [0, 0.1) is 5.41 Å². The number of hydrogen-bond donors (Lipinski definition) is 2. The van der Waals surface area contributed by atoms with Crippen LogP contribution < -0.4 is 10.7 Å². The molecule has 3 nitrogen and oxygen atoms in total. The lowest BCUT2D eigenvalue weighted by molar-refractivity contribution is 0.334. The van der Waals surface area contributed by atoms with Crippen LogP contribution in [0.5, 0.6) is 5.75 Å². The molecule has 0 bridgehead atoms. The van der Waals surface area contributed by atoms with Crippen LogP contribution in [0.1, 0.15) is 5.56 Å². The zero-order valence-corrected chi connectivity index (χ0v) is 5.37. The second-order valence-corrected chi connectivity index (χ2v) is 1.80. The fourth-order valence-electron chi connectivity index (χ4n) is 0.707. The summed E-state index contributed by atoms with van der Waals surface area (Å²) in [7, 11) is 0. The van der Waals surface area contributed by atoms with E-state index < -0.39 is 0 Å². The first-order valence-corrected chi connectivity index (χ1v) is 2.84. The van der Waals surface area contributed by atoms with Crippen LogP contribution in [-0.4, -0.2) is 6.21 Å². The number of rotatable bonds is 2. The Labute approximate surface area is 58.9 Å². The van der Waals surface area contributed by atoms with Gasteiger partial charge in [0.1, 0.15) is 0 Å². The topological polar surface area (TPSA) is 59.1 Å². The number of nitrogens with one attached hydrogen (secondary N) is 1. The summed E-state index contributed by atoms with van der Waals surface area (Å²) in [5.41, 5.74) is 0.685. The Morgan fingerprint density at radius 2 is 2.10 bits per heavy atom. The van der Waals surface area contributed by atoms with Crippen molar-refractivity contribution in [1.29, 1.82) is 5.41 Å². The quantitative estimate of drug-likeness (QED) is 0.469. The van der Waals surface area contributed by atoms with E-state index in [1.54, 1.807) is 18.2 Å². The molecule has 0 aliphatic rings. The second-order valence-electron chi connectivity index (χ2n) is 1.80. The lowest BCUT2D eigenvalue weighted by Crippen LogP contribution is -2.03. The molecule has 0 heterocycles. The Hall–Kier alpha value is -1.35. The summed E-state index contributed by atoms with van der Waals surface area (Å²) in [4.78, 5) is 4.48. The highest BCUT2D eigenvalue weighted by atomic mass is 16.6. The highest BCUT2D eigenvalue weighted by molar-refractivity contribution is 5.80. The van der Waals surface area contributed by atoms with Gasteiger partial charge in [0.2, 0.25) is 0 Å². The minimum atomic E-state index is 0.525. The Bertz CT molecular complexity index is 235. The number of para-hydroxylation sites is 1. The first-order valence-electron chi connectivity index (χ1n) is 2.84. The Morgan fingerprint density at radius 1 is 1.40 bits per heavy atom. The Morgan fingerprint density at radius 3 is 2.60 bits per heavy atom. The normalized spacial score (nSPS) is 8.90. The van der Waals surface area contributed by atoms with E-state index >= 15 is 0 Å². The number of benzene rings is 1. The summed E-state index contributed by atoms with van der Waals surface area (Å²) >= 11 is 0. The maximum absolute atomic E-state index is 6.93. The van der Waals surface area contributed by atoms with Crippen molar-refractivity contribution in [2.45, 2.75) is 0 Å². The van der Waals surface area contributed by atoms with Gasteiger partial charge in [-0.15, -0.1) is 0 Å². The predicted molar refractivity (Wildman–Crippen MR) is 39.1 cm³/mol. The Kier molecular flexibility index (Phi) is 2.02. The van der Waals surface area contributed by atoms with Crippen molar-refractivity contribution in [1.82, 2.24) is 0 Å². The molecule has 10 heavy (non-hydrogen) atoms. The smallest absolute Gasteiger partial charge is 0.155 e. The van der Waals surface area contributed by atoms with Gasteiger partial charge < -0.3 is 10.2 Å². The van der Waals surface area contributed by atoms with Gasteiger partial charge in [0.15, 0.2) is 5.75 Å². The van der Waals surface area contributed by atoms with Crippen LogP contribution in [0.2, 0.25) is 0 Å². The molecule has 1 aromatic rings. The molecule has 1 rings (SSSR count). The SMILES string of the molecule is N=Cc1ccccc1ON. The predicted octanol–water partition coefficient (Wildman–Crippen LogP) is 0.937. The molecule has 3 N–H and O–H groups in total. The molecule has 0 aliphatic carbocycles. The van der Waals surface area contributed by atoms with Crippen LogP contribution in [0.3, 0.4) is 0 Å². The largest absolute Gasteiger partial charge is 0.411 e. The van der Waals surface area contributed by atoms with Crippen molar-refractivity contribution in [2.24, 2.45) is 5.90 Å². The lowest BCUT2D eigenvalue weighted by atomic mass is 10.2. The summed E-state index contributed by atoms with van der Waals surface area (Å²) in [6, 6.07) is 7.09. The monoisotopic (exact) mass is 136 g/mol. The van der Waals surface area contributed by atoms with Gasteiger partial charge in [-0.3, -0.25) is 0 Å². The lowest BCUT2D eigenvalue weighted by Gasteiger charge is -1.99. The average molecular weight is 136 g/mol. The molecule has 0 spiro atoms. The molecular formula is C7H8N2O. The van der Waals surface area contributed by atoms with E-state index in [9.17, 15) is 0 Å². The number of nitrogens with two attached hydrogens (primary N) is 1.